The summed E-state index contributed by atoms with van der Waals surface area (Å²) in [6, 6.07) is 33.0. The number of carboxylic acid groups (broad SMARTS) is 1. The average Bonchev–Trinajstić information content (AvgIpc) is 1.33. The fourth-order valence-corrected chi connectivity index (χ4v) is 20.5. The molecule has 2 amide bonds. The summed E-state index contributed by atoms with van der Waals surface area (Å²) in [6.45, 7) is 21.6. The second-order valence-electron chi connectivity index (χ2n) is 38.5. The second kappa shape index (κ2) is 49.7. The summed E-state index contributed by atoms with van der Waals surface area (Å²) in [6.07, 6.45) is 17.0. The number of ether oxygens (including phenoxy) is 6. The van der Waals surface area contributed by atoms with Crippen LogP contribution in [0.3, 0.4) is 0 Å². The van der Waals surface area contributed by atoms with E-state index in [1.807, 2.05) is 41.1 Å². The van der Waals surface area contributed by atoms with Crippen molar-refractivity contribution in [2.24, 2.45) is 28.8 Å². The molecular weight excluding hydrogens is 2010 g/mol. The number of hydrogen-bond acceptors (Lipinski definition) is 19. The third kappa shape index (κ3) is 32.1. The molecule has 8 fully saturated rings. The Morgan fingerprint density at radius 1 is 0.379 bits per heavy atom. The summed E-state index contributed by atoms with van der Waals surface area (Å²) < 4.78 is 135. The van der Waals surface area contributed by atoms with Crippen LogP contribution in [0, 0.1) is 46.9 Å². The van der Waals surface area contributed by atoms with Gasteiger partial charge in [-0.15, -0.1) is 0 Å². The number of halogens is 12. The number of nitrogens with zero attached hydrogens (tertiary/aromatic N) is 4. The number of benzene rings is 8. The molecule has 38 heteroatoms. The summed E-state index contributed by atoms with van der Waals surface area (Å²) in [7, 11) is -4.46. The number of carbonyl (C=O) groups excluding carboxylic acids is 4. The summed E-state index contributed by atoms with van der Waals surface area (Å²) in [4.78, 5) is 69.1. The average molecular weight is 2130 g/mol. The van der Waals surface area contributed by atoms with Crippen LogP contribution >= 0.6 is 92.8 Å². The van der Waals surface area contributed by atoms with Crippen LogP contribution in [-0.4, -0.2) is 182 Å². The molecule has 8 aromatic rings. The topological polar surface area (TPSA) is 310 Å². The van der Waals surface area contributed by atoms with Crippen molar-refractivity contribution in [3.8, 4) is 23.0 Å². The van der Waals surface area contributed by atoms with Gasteiger partial charge in [0.05, 0.1) is 75.4 Å². The maximum atomic E-state index is 14.7. The quantitative estimate of drug-likeness (QED) is 0.0233. The molecule has 16 rings (SSSR count). The van der Waals surface area contributed by atoms with Gasteiger partial charge in [0.1, 0.15) is 46.3 Å². The summed E-state index contributed by atoms with van der Waals surface area (Å²) in [5, 5.41) is 18.2. The predicted molar refractivity (Wildman–Crippen MR) is 535 cm³/mol. The first-order chi connectivity index (χ1) is 65.0. The zero-order valence-electron chi connectivity index (χ0n) is 80.2. The zero-order valence-corrected chi connectivity index (χ0v) is 87.9. The van der Waals surface area contributed by atoms with Crippen molar-refractivity contribution in [3.63, 3.8) is 0 Å². The van der Waals surface area contributed by atoms with E-state index in [9.17, 15) is 63.5 Å². The normalized spacial score (nSPS) is 17.1. The number of nitrogens with two attached hydrogens (primary N) is 1. The Kier molecular flexibility index (Phi) is 40.7. The molecule has 5 N–H and O–H groups in total. The molecule has 4 heterocycles. The van der Waals surface area contributed by atoms with Crippen molar-refractivity contribution in [1.82, 2.24) is 24.3 Å². The number of aromatic carboxylic acids is 1. The van der Waals surface area contributed by atoms with Crippen LogP contribution in [0.15, 0.2) is 121 Å². The van der Waals surface area contributed by atoms with Crippen molar-refractivity contribution >= 4 is 143 Å². The molecule has 8 aromatic carbocycles. The van der Waals surface area contributed by atoms with Crippen molar-refractivity contribution in [3.05, 3.63) is 252 Å². The molecule has 140 heavy (non-hydrogen) atoms. The predicted octanol–water partition coefficient (Wildman–Crippen LogP) is 20.7. The van der Waals surface area contributed by atoms with E-state index in [0.717, 1.165) is 193 Å². The first kappa shape index (κ1) is 115. The van der Waals surface area contributed by atoms with Gasteiger partial charge >= 0.3 is 36.8 Å². The van der Waals surface area contributed by atoms with Crippen molar-refractivity contribution in [1.29, 1.82) is 0 Å². The van der Waals surface area contributed by atoms with Gasteiger partial charge in [0.25, 0.3) is 11.8 Å². The van der Waals surface area contributed by atoms with Gasteiger partial charge in [-0.1, -0.05) is 92.8 Å². The molecule has 0 aromatic heterocycles. The van der Waals surface area contributed by atoms with Crippen LogP contribution in [0.2, 0.25) is 40.2 Å². The third-order valence-corrected chi connectivity index (χ3v) is 29.2. The van der Waals surface area contributed by atoms with Crippen LogP contribution in [0.5, 0.6) is 23.0 Å². The van der Waals surface area contributed by atoms with E-state index >= 15 is 0 Å². The van der Waals surface area contributed by atoms with E-state index < -0.39 is 67.1 Å². The number of carboxylic acids is 1. The van der Waals surface area contributed by atoms with Gasteiger partial charge in [0, 0.05) is 99.7 Å². The number of amides is 2. The Morgan fingerprint density at radius 2 is 0.607 bits per heavy atom. The molecule has 0 spiro atoms. The van der Waals surface area contributed by atoms with Crippen LogP contribution in [-0.2, 0) is 46.1 Å². The second-order valence-corrected chi connectivity index (χ2v) is 45.4. The minimum Gasteiger partial charge on any atom is -0.870 e. The molecule has 0 bridgehead atoms. The van der Waals surface area contributed by atoms with E-state index in [0.29, 0.717) is 132 Å². The smallest absolute Gasteiger partial charge is 0.870 e. The van der Waals surface area contributed by atoms with E-state index in [4.69, 9.17) is 116 Å². The molecule has 23 nitrogen and oxygen atoms in total. The van der Waals surface area contributed by atoms with E-state index in [1.165, 1.54) is 50.6 Å². The minimum atomic E-state index is -3.79. The van der Waals surface area contributed by atoms with E-state index in [-0.39, 0.29) is 92.8 Å². The molecule has 756 valence electrons. The van der Waals surface area contributed by atoms with Crippen LogP contribution in [0.4, 0.5) is 17.6 Å². The first-order valence-electron chi connectivity index (χ1n) is 46.2. The largest absolute Gasteiger partial charge is 1.00 e. The van der Waals surface area contributed by atoms with Gasteiger partial charge < -0.3 is 43.9 Å². The molecule has 4 aliphatic heterocycles. The Balaban J connectivity index is 0.000000188. The molecule has 4 saturated carbocycles. The number of likely N-dealkylation sites (tertiary alicyclic amines) is 4. The Bertz CT molecular complexity index is 5920. The van der Waals surface area contributed by atoms with Crippen LogP contribution in [0.1, 0.15) is 259 Å². The molecule has 8 aliphatic rings. The first-order valence-corrected chi connectivity index (χ1v) is 53.0. The number of piperidine rings is 4. The number of esters is 2. The maximum absolute atomic E-state index is 14.7. The standard InChI is InChI=1S/C26H31Cl2FN2O4S.C26H30Cl2FNO3.C25H28Cl2FNO3.C24H24Cl2FNO4.CH5NO2S.Li.H2O/c1-26(2,18-10-19(27)12-20(28)11-18)31-8-6-16(7-9-31)15-35-24-14-23(29)22(13-21(24)17-4-5-17)25(32)30-36(3,33)34;1-26(2,18-10-19(27)12-20(28)11-18)30-8-6-16(7-9-30)15-33-24-14-23(29)22(25(31)32-3)13-21(24)17-4-5-17;1-25(2,17-9-18(26)11-19(27)10-17)29-7-5-15(6-8-29)14-32-23-13-22(28)21(24(30)31)12-20(23)16-3-4-16;1-31-24(30)20-11-19(15-2-3-15)22(12-21(20)27)32-13-14-4-6-28(7-5-14)23(29)16-8-17(25)10-18(26)9-16;1-5(2,3)4;;/h10-14,16-17H,4-9,15H2,1-3H3,(H,30,32);10-14,16-17H,4-9,15H2,1-3H3;9-13,15-16H,3-8,14H2,1-2H3,(H,30,31);8-12,14-15H,2-7,13H2,1H3;1H3,(H2,2,3,4);;1H2/q;;;;;+1;/p-1. The Morgan fingerprint density at radius 3 is 0.850 bits per heavy atom. The van der Waals surface area contributed by atoms with Gasteiger partial charge in [-0.3, -0.25) is 24.3 Å². The molecule has 0 atom stereocenters. The number of carbonyl (C=O) groups is 5. The number of methoxy groups -OCH3 is 2. The van der Waals surface area contributed by atoms with Crippen LogP contribution < -0.4 is 47.7 Å². The summed E-state index contributed by atoms with van der Waals surface area (Å²) in [5.74, 6) is -2.08. The number of primary sulfonamides is 1. The number of rotatable bonds is 28. The van der Waals surface area contributed by atoms with Crippen LogP contribution in [0.25, 0.3) is 0 Å². The Labute approximate surface area is 869 Å². The zero-order chi connectivity index (χ0) is 100. The fourth-order valence-electron chi connectivity index (χ4n) is 18.0. The Hall–Kier alpha value is -7.35. The van der Waals surface area contributed by atoms with Gasteiger partial charge in [-0.05, 0) is 367 Å². The van der Waals surface area contributed by atoms with Gasteiger partial charge in [0.15, 0.2) is 0 Å². The summed E-state index contributed by atoms with van der Waals surface area (Å²) >= 11 is 49.4. The molecule has 4 aliphatic carbocycles. The van der Waals surface area contributed by atoms with E-state index in [2.05, 4.69) is 66.1 Å². The van der Waals surface area contributed by atoms with Gasteiger partial charge in [-0.25, -0.2) is 58.6 Å². The van der Waals surface area contributed by atoms with Crippen molar-refractivity contribution < 1.29 is 116 Å². The molecule has 0 radical (unpaired) electrons. The molecular formula is C102H119Cl8F4LiN6O17S2. The van der Waals surface area contributed by atoms with Gasteiger partial charge in [-0.2, -0.15) is 0 Å². The third-order valence-electron chi connectivity index (χ3n) is 26.9. The summed E-state index contributed by atoms with van der Waals surface area (Å²) in [5.41, 5.74) is 5.81. The molecule has 0 unspecified atom stereocenters. The molecule has 4 saturated heterocycles. The van der Waals surface area contributed by atoms with E-state index in [1.54, 1.807) is 53.4 Å². The minimum absolute atomic E-state index is 0. The number of nitrogens with one attached hydrogen (secondary N) is 1. The maximum Gasteiger partial charge on any atom is 1.00 e. The van der Waals surface area contributed by atoms with Gasteiger partial charge in [0.2, 0.25) is 20.0 Å². The fraction of sp³-hybridized carbons (Fsp3) is 0.480. The van der Waals surface area contributed by atoms with Crippen molar-refractivity contribution in [2.45, 2.75) is 185 Å². The monoisotopic (exact) mass is 2130 g/mol. The SMILES string of the molecule is CC(C)(c1cc(Cl)cc(Cl)c1)N1CCC(COc2cc(F)c(C(=O)NS(C)(=O)=O)cc2C2CC2)CC1.CC(C)(c1cc(Cl)cc(Cl)c1)N1CCC(COc2cc(F)c(C(=O)O)cc2C2CC2)CC1.COC(=O)c1cc(C2CC2)c(OCC2CCN(C(=O)c3cc(Cl)cc(Cl)c3)CC2)cc1F.COC(=O)c1cc(C2CC2)c(OCC2CCN(C(C)(C)c3cc(Cl)cc(Cl)c3)CC2)cc1F.CS(N)(=O)=O.[Li+].[OH-]. The number of hydrogen-bond donors (Lipinski definition) is 3. The number of sulfonamides is 2. The van der Waals surface area contributed by atoms with Crippen molar-refractivity contribution in [2.75, 3.05) is 106 Å².